The quantitative estimate of drug-likeness (QED) is 0.628. The molecular weight excluding hydrogens is 366 g/mol. The van der Waals surface area contributed by atoms with E-state index < -0.39 is 0 Å². The molecule has 1 amide bonds. The van der Waals surface area contributed by atoms with Gasteiger partial charge in [-0.15, -0.1) is 0 Å². The Morgan fingerprint density at radius 2 is 1.59 bits per heavy atom. The van der Waals surface area contributed by atoms with E-state index in [4.69, 9.17) is 4.74 Å². The minimum absolute atomic E-state index is 0.156. The third-order valence-corrected chi connectivity index (χ3v) is 4.92. The number of aromatic nitrogens is 2. The predicted molar refractivity (Wildman–Crippen MR) is 108 cm³/mol. The second kappa shape index (κ2) is 8.65. The molecule has 146 valence electrons. The minimum atomic E-state index is -0.174. The normalized spacial score (nSPS) is 16.3. The molecule has 3 aromatic rings. The van der Waals surface area contributed by atoms with Gasteiger partial charge in [-0.25, -0.2) is 9.97 Å². The highest BCUT2D eigenvalue weighted by atomic mass is 16.5. The van der Waals surface area contributed by atoms with Gasteiger partial charge in [-0.05, 0) is 25.0 Å². The average Bonchev–Trinajstić information content (AvgIpc) is 2.79. The summed E-state index contributed by atoms with van der Waals surface area (Å²) in [7, 11) is 0. The third kappa shape index (κ3) is 4.32. The monoisotopic (exact) mass is 387 g/mol. The van der Waals surface area contributed by atoms with Gasteiger partial charge in [-0.1, -0.05) is 48.5 Å². The van der Waals surface area contributed by atoms with E-state index in [1.165, 1.54) is 0 Å². The topological polar surface area (TPSA) is 72.4 Å². The van der Waals surface area contributed by atoms with Gasteiger partial charge in [0.1, 0.15) is 6.10 Å². The number of benzene rings is 2. The highest BCUT2D eigenvalue weighted by Crippen LogP contribution is 2.21. The largest absolute Gasteiger partial charge is 0.458 e. The number of nitrogens with zero attached hydrogens (tertiary/aromatic N) is 3. The molecule has 2 heterocycles. The van der Waals surface area contributed by atoms with Gasteiger partial charge in [0.15, 0.2) is 5.78 Å². The van der Waals surface area contributed by atoms with Crippen LogP contribution in [-0.2, 0) is 0 Å². The number of likely N-dealkylation sites (tertiary alicyclic amines) is 1. The molecule has 1 fully saturated rings. The van der Waals surface area contributed by atoms with Gasteiger partial charge < -0.3 is 9.64 Å². The number of carbonyl (C=O) groups excluding carboxylic acids is 2. The van der Waals surface area contributed by atoms with Crippen molar-refractivity contribution in [1.82, 2.24) is 14.9 Å². The van der Waals surface area contributed by atoms with Crippen molar-refractivity contribution < 1.29 is 14.3 Å². The van der Waals surface area contributed by atoms with Crippen LogP contribution in [-0.4, -0.2) is 45.8 Å². The van der Waals surface area contributed by atoms with Crippen LogP contribution in [0.4, 0.5) is 0 Å². The van der Waals surface area contributed by atoms with Crippen molar-refractivity contribution in [2.24, 2.45) is 0 Å². The number of hydrogen-bond donors (Lipinski definition) is 0. The highest BCUT2D eigenvalue weighted by Gasteiger charge is 2.28. The van der Waals surface area contributed by atoms with Gasteiger partial charge in [0.05, 0.1) is 12.1 Å². The maximum absolute atomic E-state index is 13.2. The number of hydrogen-bond acceptors (Lipinski definition) is 5. The fourth-order valence-corrected chi connectivity index (χ4v) is 3.50. The van der Waals surface area contributed by atoms with Gasteiger partial charge in [0, 0.05) is 30.1 Å². The maximum Gasteiger partial charge on any atom is 0.316 e. The smallest absolute Gasteiger partial charge is 0.316 e. The zero-order valence-corrected chi connectivity index (χ0v) is 15.9. The van der Waals surface area contributed by atoms with Crippen molar-refractivity contribution in [1.29, 1.82) is 0 Å². The first-order valence-electron chi connectivity index (χ1n) is 9.64. The summed E-state index contributed by atoms with van der Waals surface area (Å²) in [6.07, 6.45) is 4.72. The lowest BCUT2D eigenvalue weighted by Gasteiger charge is -2.32. The number of carbonyl (C=O) groups is 2. The van der Waals surface area contributed by atoms with Crippen LogP contribution < -0.4 is 4.74 Å². The van der Waals surface area contributed by atoms with Crippen molar-refractivity contribution in [3.05, 3.63) is 89.7 Å². The third-order valence-electron chi connectivity index (χ3n) is 4.92. The summed E-state index contributed by atoms with van der Waals surface area (Å²) in [6, 6.07) is 18.0. The maximum atomic E-state index is 13.2. The summed E-state index contributed by atoms with van der Waals surface area (Å²) in [5.74, 6) is -0.316. The average molecular weight is 387 g/mol. The number of rotatable bonds is 5. The fourth-order valence-electron chi connectivity index (χ4n) is 3.50. The van der Waals surface area contributed by atoms with Crippen molar-refractivity contribution in [2.75, 3.05) is 13.1 Å². The first-order chi connectivity index (χ1) is 14.2. The Balaban J connectivity index is 1.53. The Hall–Kier alpha value is -3.54. The second-order valence-corrected chi connectivity index (χ2v) is 6.91. The van der Waals surface area contributed by atoms with Crippen LogP contribution in [0.3, 0.4) is 0 Å². The van der Waals surface area contributed by atoms with Gasteiger partial charge >= 0.3 is 6.01 Å². The Morgan fingerprint density at radius 1 is 0.897 bits per heavy atom. The molecule has 0 aliphatic carbocycles. The SMILES string of the molecule is O=C(c1ccccc1)c1ccccc1C(=O)N1CCCC(Oc2ncccn2)C1. The molecule has 29 heavy (non-hydrogen) atoms. The van der Waals surface area contributed by atoms with Crippen molar-refractivity contribution in [3.63, 3.8) is 0 Å². The van der Waals surface area contributed by atoms with Crippen molar-refractivity contribution in [3.8, 4) is 6.01 Å². The van der Waals surface area contributed by atoms with Crippen LogP contribution in [0.25, 0.3) is 0 Å². The molecular formula is C23H21N3O3. The molecule has 0 bridgehead atoms. The zero-order valence-electron chi connectivity index (χ0n) is 15.9. The van der Waals surface area contributed by atoms with E-state index in [0.717, 1.165) is 12.8 Å². The van der Waals surface area contributed by atoms with E-state index in [-0.39, 0.29) is 17.8 Å². The zero-order chi connectivity index (χ0) is 20.1. The van der Waals surface area contributed by atoms with Gasteiger partial charge in [-0.2, -0.15) is 0 Å². The van der Waals surface area contributed by atoms with E-state index in [1.54, 1.807) is 59.8 Å². The van der Waals surface area contributed by atoms with Crippen molar-refractivity contribution in [2.45, 2.75) is 18.9 Å². The van der Waals surface area contributed by atoms with Crippen LogP contribution in [0.15, 0.2) is 73.1 Å². The molecule has 4 rings (SSSR count). The molecule has 0 N–H and O–H groups in total. The van der Waals surface area contributed by atoms with E-state index >= 15 is 0 Å². The molecule has 1 aliphatic rings. The molecule has 0 saturated carbocycles. The van der Waals surface area contributed by atoms with Crippen LogP contribution in [0, 0.1) is 0 Å². The predicted octanol–water partition coefficient (Wildman–Crippen LogP) is 3.39. The lowest BCUT2D eigenvalue weighted by atomic mass is 9.97. The van der Waals surface area contributed by atoms with Gasteiger partial charge in [0.2, 0.25) is 0 Å². The first kappa shape index (κ1) is 18.8. The lowest BCUT2D eigenvalue weighted by molar-refractivity contribution is 0.0514. The summed E-state index contributed by atoms with van der Waals surface area (Å²) in [5, 5.41) is 0. The Labute approximate surface area is 169 Å². The molecule has 6 nitrogen and oxygen atoms in total. The van der Waals surface area contributed by atoms with E-state index in [9.17, 15) is 9.59 Å². The lowest BCUT2D eigenvalue weighted by Crippen LogP contribution is -2.44. The summed E-state index contributed by atoms with van der Waals surface area (Å²) in [4.78, 5) is 36.1. The highest BCUT2D eigenvalue weighted by molar-refractivity contribution is 6.15. The summed E-state index contributed by atoms with van der Waals surface area (Å²) < 4.78 is 5.84. The summed E-state index contributed by atoms with van der Waals surface area (Å²) in [6.45, 7) is 1.06. The Morgan fingerprint density at radius 3 is 2.34 bits per heavy atom. The van der Waals surface area contributed by atoms with Gasteiger partial charge in [-0.3, -0.25) is 9.59 Å². The molecule has 1 unspecified atom stereocenters. The van der Waals surface area contributed by atoms with Crippen LogP contribution in [0.5, 0.6) is 6.01 Å². The fraction of sp³-hybridized carbons (Fsp3) is 0.217. The summed E-state index contributed by atoms with van der Waals surface area (Å²) in [5.41, 5.74) is 1.39. The number of piperidine rings is 1. The first-order valence-corrected chi connectivity index (χ1v) is 9.64. The van der Waals surface area contributed by atoms with Crippen LogP contribution >= 0.6 is 0 Å². The molecule has 6 heteroatoms. The van der Waals surface area contributed by atoms with E-state index in [1.807, 2.05) is 18.2 Å². The second-order valence-electron chi connectivity index (χ2n) is 6.91. The molecule has 1 saturated heterocycles. The van der Waals surface area contributed by atoms with E-state index in [2.05, 4.69) is 9.97 Å². The standard InChI is InChI=1S/C23H21N3O3/c27-21(17-8-2-1-3-9-17)19-11-4-5-12-20(19)22(28)26-15-6-10-18(16-26)29-23-24-13-7-14-25-23/h1-5,7-9,11-14,18H,6,10,15-16H2. The summed E-state index contributed by atoms with van der Waals surface area (Å²) >= 11 is 0. The van der Waals surface area contributed by atoms with Crippen LogP contribution in [0.1, 0.15) is 39.1 Å². The number of amides is 1. The molecule has 0 spiro atoms. The number of ketones is 1. The Kier molecular flexibility index (Phi) is 5.61. The Bertz CT molecular complexity index is 993. The molecule has 1 aliphatic heterocycles. The molecule has 1 atom stereocenters. The molecule has 2 aromatic carbocycles. The number of ether oxygens (including phenoxy) is 1. The minimum Gasteiger partial charge on any atom is -0.458 e. The molecule has 0 radical (unpaired) electrons. The van der Waals surface area contributed by atoms with E-state index in [0.29, 0.717) is 35.8 Å². The van der Waals surface area contributed by atoms with Gasteiger partial charge in [0.25, 0.3) is 5.91 Å². The van der Waals surface area contributed by atoms with Crippen molar-refractivity contribution >= 4 is 11.7 Å². The molecule has 1 aromatic heterocycles. The van der Waals surface area contributed by atoms with Crippen LogP contribution in [0.2, 0.25) is 0 Å².